The van der Waals surface area contributed by atoms with E-state index in [9.17, 15) is 5.11 Å². The Hall–Kier alpha value is -1.42. The number of aliphatic hydroxyl groups excluding tert-OH is 1. The van der Waals surface area contributed by atoms with Crippen LogP contribution in [0.15, 0.2) is 18.2 Å². The van der Waals surface area contributed by atoms with Gasteiger partial charge in [0.05, 0.1) is 6.10 Å². The first-order valence-corrected chi connectivity index (χ1v) is 5.11. The number of fused-ring (bicyclic) bond motifs is 1. The molecule has 1 aromatic carbocycles. The molecule has 0 aromatic heterocycles. The van der Waals surface area contributed by atoms with Crippen LogP contribution >= 0.6 is 0 Å². The summed E-state index contributed by atoms with van der Waals surface area (Å²) in [6.07, 6.45) is 0.438. The number of anilines is 1. The molecule has 1 aliphatic heterocycles. The Morgan fingerprint density at radius 2 is 2.20 bits per heavy atom. The lowest BCUT2D eigenvalue weighted by atomic mass is 10.2. The second kappa shape index (κ2) is 4.40. The summed E-state index contributed by atoms with van der Waals surface area (Å²) in [5.74, 6) is 1.53. The van der Waals surface area contributed by atoms with Gasteiger partial charge in [-0.15, -0.1) is 0 Å². The van der Waals surface area contributed by atoms with Crippen LogP contribution in [0, 0.1) is 0 Å². The van der Waals surface area contributed by atoms with Crippen LogP contribution in [-0.2, 0) is 0 Å². The number of hydrogen-bond acceptors (Lipinski definition) is 4. The van der Waals surface area contributed by atoms with E-state index in [1.165, 1.54) is 0 Å². The summed E-state index contributed by atoms with van der Waals surface area (Å²) in [6, 6.07) is 5.66. The Kier molecular flexibility index (Phi) is 2.97. The van der Waals surface area contributed by atoms with Gasteiger partial charge in [0.25, 0.3) is 0 Å². The van der Waals surface area contributed by atoms with E-state index >= 15 is 0 Å². The maximum Gasteiger partial charge on any atom is 0.231 e. The summed E-state index contributed by atoms with van der Waals surface area (Å²) in [5, 5.41) is 12.5. The first-order chi connectivity index (χ1) is 7.29. The van der Waals surface area contributed by atoms with Gasteiger partial charge in [-0.05, 0) is 18.6 Å². The second-order valence-corrected chi connectivity index (χ2v) is 3.51. The molecule has 0 aliphatic carbocycles. The molecule has 0 saturated heterocycles. The zero-order chi connectivity index (χ0) is 10.7. The SMILES string of the molecule is CCC(O)CNc1ccc2c(c1)OCO2. The van der Waals surface area contributed by atoms with Crippen molar-refractivity contribution < 1.29 is 14.6 Å². The van der Waals surface area contributed by atoms with Gasteiger partial charge in [-0.2, -0.15) is 0 Å². The summed E-state index contributed by atoms with van der Waals surface area (Å²) in [4.78, 5) is 0. The molecule has 0 spiro atoms. The lowest BCUT2D eigenvalue weighted by Gasteiger charge is -2.10. The predicted octanol–water partition coefficient (Wildman–Crippen LogP) is 1.60. The molecule has 4 nitrogen and oxygen atoms in total. The minimum Gasteiger partial charge on any atom is -0.454 e. The average Bonchev–Trinajstić information content (AvgIpc) is 2.72. The highest BCUT2D eigenvalue weighted by atomic mass is 16.7. The molecule has 2 N–H and O–H groups in total. The number of hydrogen-bond donors (Lipinski definition) is 2. The number of nitrogens with one attached hydrogen (secondary N) is 1. The third-order valence-electron chi connectivity index (χ3n) is 2.39. The number of aliphatic hydroxyl groups is 1. The summed E-state index contributed by atoms with van der Waals surface area (Å²) in [5.41, 5.74) is 0.937. The summed E-state index contributed by atoms with van der Waals surface area (Å²) in [6.45, 7) is 2.79. The molecule has 0 fully saturated rings. The predicted molar refractivity (Wildman–Crippen MR) is 57.4 cm³/mol. The fourth-order valence-corrected chi connectivity index (χ4v) is 1.39. The standard InChI is InChI=1S/C11H15NO3/c1-2-9(13)6-12-8-3-4-10-11(5-8)15-7-14-10/h3-5,9,12-13H,2,6-7H2,1H3. The van der Waals surface area contributed by atoms with Crippen molar-refractivity contribution in [1.29, 1.82) is 0 Å². The van der Waals surface area contributed by atoms with E-state index in [2.05, 4.69) is 5.32 Å². The maximum absolute atomic E-state index is 9.39. The highest BCUT2D eigenvalue weighted by molar-refractivity contribution is 5.55. The van der Waals surface area contributed by atoms with Gasteiger partial charge in [-0.3, -0.25) is 0 Å². The Bertz CT molecular complexity index is 341. The molecule has 0 radical (unpaired) electrons. The Morgan fingerprint density at radius 1 is 1.40 bits per heavy atom. The van der Waals surface area contributed by atoms with Gasteiger partial charge in [0, 0.05) is 18.3 Å². The van der Waals surface area contributed by atoms with Gasteiger partial charge in [-0.25, -0.2) is 0 Å². The lowest BCUT2D eigenvalue weighted by molar-refractivity contribution is 0.174. The van der Waals surface area contributed by atoms with Crippen LogP contribution in [-0.4, -0.2) is 24.5 Å². The van der Waals surface area contributed by atoms with Crippen molar-refractivity contribution >= 4 is 5.69 Å². The smallest absolute Gasteiger partial charge is 0.231 e. The quantitative estimate of drug-likeness (QED) is 0.790. The minimum atomic E-state index is -0.310. The molecule has 1 aromatic rings. The van der Waals surface area contributed by atoms with E-state index < -0.39 is 0 Å². The summed E-state index contributed by atoms with van der Waals surface area (Å²) < 4.78 is 10.4. The van der Waals surface area contributed by atoms with Gasteiger partial charge in [-0.1, -0.05) is 6.92 Å². The van der Waals surface area contributed by atoms with Crippen LogP contribution in [0.2, 0.25) is 0 Å². The van der Waals surface area contributed by atoms with Crippen molar-refractivity contribution in [2.45, 2.75) is 19.4 Å². The normalized spacial score (nSPS) is 15.1. The zero-order valence-electron chi connectivity index (χ0n) is 8.69. The van der Waals surface area contributed by atoms with E-state index in [1.807, 2.05) is 25.1 Å². The molecule has 2 rings (SSSR count). The molecule has 0 amide bonds. The molecule has 1 atom stereocenters. The fourth-order valence-electron chi connectivity index (χ4n) is 1.39. The van der Waals surface area contributed by atoms with Crippen molar-refractivity contribution in [2.75, 3.05) is 18.7 Å². The van der Waals surface area contributed by atoms with Crippen LogP contribution in [0.3, 0.4) is 0 Å². The summed E-state index contributed by atoms with van der Waals surface area (Å²) in [7, 11) is 0. The summed E-state index contributed by atoms with van der Waals surface area (Å²) >= 11 is 0. The van der Waals surface area contributed by atoms with E-state index in [0.29, 0.717) is 6.54 Å². The van der Waals surface area contributed by atoms with Crippen molar-refractivity contribution in [3.05, 3.63) is 18.2 Å². The average molecular weight is 209 g/mol. The van der Waals surface area contributed by atoms with Gasteiger partial charge < -0.3 is 19.9 Å². The molecule has 0 bridgehead atoms. The Morgan fingerprint density at radius 3 is 3.00 bits per heavy atom. The largest absolute Gasteiger partial charge is 0.454 e. The first-order valence-electron chi connectivity index (χ1n) is 5.11. The molecule has 1 aliphatic rings. The highest BCUT2D eigenvalue weighted by Gasteiger charge is 2.13. The zero-order valence-corrected chi connectivity index (χ0v) is 8.69. The van der Waals surface area contributed by atoms with Crippen molar-refractivity contribution in [1.82, 2.24) is 0 Å². The van der Waals surface area contributed by atoms with Crippen LogP contribution in [0.4, 0.5) is 5.69 Å². The molecule has 82 valence electrons. The van der Waals surface area contributed by atoms with Crippen molar-refractivity contribution in [3.8, 4) is 11.5 Å². The molecular weight excluding hydrogens is 194 g/mol. The van der Waals surface area contributed by atoms with Gasteiger partial charge >= 0.3 is 0 Å². The van der Waals surface area contributed by atoms with Gasteiger partial charge in [0.1, 0.15) is 0 Å². The van der Waals surface area contributed by atoms with Crippen molar-refractivity contribution in [3.63, 3.8) is 0 Å². The van der Waals surface area contributed by atoms with E-state index in [-0.39, 0.29) is 12.9 Å². The molecule has 15 heavy (non-hydrogen) atoms. The molecule has 1 heterocycles. The Labute approximate surface area is 88.8 Å². The topological polar surface area (TPSA) is 50.7 Å². The monoisotopic (exact) mass is 209 g/mol. The highest BCUT2D eigenvalue weighted by Crippen LogP contribution is 2.34. The first kappa shape index (κ1) is 10.1. The van der Waals surface area contributed by atoms with E-state index in [4.69, 9.17) is 9.47 Å². The van der Waals surface area contributed by atoms with Crippen LogP contribution in [0.25, 0.3) is 0 Å². The molecule has 1 unspecified atom stereocenters. The minimum absolute atomic E-state index is 0.288. The Balaban J connectivity index is 1.98. The van der Waals surface area contributed by atoms with Crippen LogP contribution in [0.1, 0.15) is 13.3 Å². The molecule has 4 heteroatoms. The van der Waals surface area contributed by atoms with Gasteiger partial charge in [0.2, 0.25) is 6.79 Å². The second-order valence-electron chi connectivity index (χ2n) is 3.51. The number of rotatable bonds is 4. The maximum atomic E-state index is 9.39. The van der Waals surface area contributed by atoms with Gasteiger partial charge in [0.15, 0.2) is 11.5 Å². The fraction of sp³-hybridized carbons (Fsp3) is 0.455. The van der Waals surface area contributed by atoms with E-state index in [0.717, 1.165) is 23.6 Å². The van der Waals surface area contributed by atoms with Crippen molar-refractivity contribution in [2.24, 2.45) is 0 Å². The molecular formula is C11H15NO3. The lowest BCUT2D eigenvalue weighted by Crippen LogP contribution is -2.17. The van der Waals surface area contributed by atoms with Crippen LogP contribution < -0.4 is 14.8 Å². The van der Waals surface area contributed by atoms with E-state index in [1.54, 1.807) is 0 Å². The van der Waals surface area contributed by atoms with Crippen LogP contribution in [0.5, 0.6) is 11.5 Å². The number of benzene rings is 1. The number of ether oxygens (including phenoxy) is 2. The molecule has 0 saturated carbocycles. The third kappa shape index (κ3) is 2.33. The third-order valence-corrected chi connectivity index (χ3v) is 2.39.